The molecule has 3 aliphatic rings. The van der Waals surface area contributed by atoms with Crippen LogP contribution in [0.3, 0.4) is 0 Å². The number of anilines is 6. The van der Waals surface area contributed by atoms with E-state index < -0.39 is 0 Å². The zero-order chi connectivity index (χ0) is 52.1. The van der Waals surface area contributed by atoms with E-state index in [1.807, 2.05) is 0 Å². The van der Waals surface area contributed by atoms with E-state index >= 15 is 0 Å². The van der Waals surface area contributed by atoms with Crippen molar-refractivity contribution in [3.8, 4) is 11.1 Å². The number of nitrogens with zero attached hydrogens (tertiary/aromatic N) is 2. The van der Waals surface area contributed by atoms with Crippen molar-refractivity contribution in [1.82, 2.24) is 0 Å². The molecular weight excluding hydrogens is 1020 g/mol. The van der Waals surface area contributed by atoms with Crippen LogP contribution in [0, 0.1) is 13.8 Å². The SMILES string of the molecule is CCCCCCCCC1(CCCCCCCC)c2cc(N(c3ccc(Br)cc3)c3cc(C)c4c(c3)C(C)(C)CC4(C)C)ccc2-c2ccc(N(c3ccc(Br)cc3)c3cc(C)c4c(c3)C(C)(C)CC4(C)C)cc21. The Hall–Kier alpha value is -4.12. The number of hydrogen-bond donors (Lipinski definition) is 0. The Labute approximate surface area is 459 Å². The van der Waals surface area contributed by atoms with Gasteiger partial charge < -0.3 is 9.80 Å². The summed E-state index contributed by atoms with van der Waals surface area (Å²) in [6, 6.07) is 43.3. The summed E-state index contributed by atoms with van der Waals surface area (Å²) in [6.07, 6.45) is 20.1. The minimum Gasteiger partial charge on any atom is -0.310 e. The van der Waals surface area contributed by atoms with Crippen LogP contribution in [0.2, 0.25) is 0 Å². The molecule has 0 radical (unpaired) electrons. The van der Waals surface area contributed by atoms with Crippen LogP contribution in [-0.4, -0.2) is 0 Å². The van der Waals surface area contributed by atoms with Gasteiger partial charge in [-0.05, 0) is 214 Å². The van der Waals surface area contributed by atoms with E-state index in [-0.39, 0.29) is 27.1 Å². The molecule has 386 valence electrons. The number of unbranched alkanes of at least 4 members (excludes halogenated alkanes) is 10. The van der Waals surface area contributed by atoms with Crippen LogP contribution in [-0.2, 0) is 27.1 Å². The van der Waals surface area contributed by atoms with Crippen molar-refractivity contribution < 1.29 is 0 Å². The summed E-state index contributed by atoms with van der Waals surface area (Å²) >= 11 is 7.59. The molecule has 0 fully saturated rings. The zero-order valence-electron chi connectivity index (χ0n) is 46.9. The first kappa shape index (κ1) is 53.7. The fourth-order valence-corrected chi connectivity index (χ4v) is 15.7. The van der Waals surface area contributed by atoms with E-state index in [0.29, 0.717) is 0 Å². The Morgan fingerprint density at radius 3 is 1.07 bits per heavy atom. The van der Waals surface area contributed by atoms with E-state index in [0.717, 1.165) is 34.6 Å². The lowest BCUT2D eigenvalue weighted by Crippen LogP contribution is -2.26. The Kier molecular flexibility index (Phi) is 15.5. The molecule has 4 heteroatoms. The minimum atomic E-state index is -0.136. The molecule has 0 bridgehead atoms. The van der Waals surface area contributed by atoms with Crippen molar-refractivity contribution in [1.29, 1.82) is 0 Å². The molecule has 0 saturated heterocycles. The average Bonchev–Trinajstić information content (AvgIpc) is 3.79. The molecule has 6 aromatic rings. The monoisotopic (exact) mass is 1100 g/mol. The summed E-state index contributed by atoms with van der Waals surface area (Å²) in [4.78, 5) is 5.15. The van der Waals surface area contributed by atoms with Gasteiger partial charge in [0.1, 0.15) is 0 Å². The standard InChI is InChI=1S/C69H86Br2N2/c1-13-15-17-19-21-23-37-69(38-24-22-20-18-16-14-2)59-41-53(72(51-29-25-49(70)26-30-51)55-39-47(3)63-61(43-55)65(5,6)45-67(63,9)10)33-35-57(59)58-36-34-54(42-60(58)69)73(52-31-27-50(71)28-32-52)56-40-48(4)64-62(44-56)66(7,8)46-68(64,11)12/h25-36,39-44H,13-24,37-38,45-46H2,1-12H3. The van der Waals surface area contributed by atoms with Gasteiger partial charge in [0.25, 0.3) is 0 Å². The largest absolute Gasteiger partial charge is 0.310 e. The molecule has 2 nitrogen and oxygen atoms in total. The van der Waals surface area contributed by atoms with E-state index in [2.05, 4.69) is 234 Å². The van der Waals surface area contributed by atoms with Crippen LogP contribution in [0.25, 0.3) is 11.1 Å². The number of aryl methyl sites for hydroxylation is 2. The predicted octanol–water partition coefficient (Wildman–Crippen LogP) is 22.5. The quantitative estimate of drug-likeness (QED) is 0.0703. The number of rotatable bonds is 20. The fourth-order valence-electron chi connectivity index (χ4n) is 15.1. The number of benzene rings is 6. The maximum atomic E-state index is 3.80. The molecule has 3 aliphatic carbocycles. The van der Waals surface area contributed by atoms with Crippen LogP contribution in [0.4, 0.5) is 34.1 Å². The van der Waals surface area contributed by atoms with Crippen molar-refractivity contribution in [3.63, 3.8) is 0 Å². The first-order valence-corrected chi connectivity index (χ1v) is 30.0. The number of fused-ring (bicyclic) bond motifs is 5. The highest BCUT2D eigenvalue weighted by Crippen LogP contribution is 2.59. The van der Waals surface area contributed by atoms with Crippen LogP contribution in [0.5, 0.6) is 0 Å². The van der Waals surface area contributed by atoms with E-state index in [1.165, 1.54) is 167 Å². The topological polar surface area (TPSA) is 6.48 Å². The molecule has 6 aromatic carbocycles. The molecule has 0 unspecified atom stereocenters. The summed E-state index contributed by atoms with van der Waals surface area (Å²) in [5, 5.41) is 0. The van der Waals surface area contributed by atoms with Crippen LogP contribution >= 0.6 is 31.9 Å². The highest BCUT2D eigenvalue weighted by atomic mass is 79.9. The summed E-state index contributed by atoms with van der Waals surface area (Å²) in [5.74, 6) is 0. The lowest BCUT2D eigenvalue weighted by atomic mass is 9.70. The van der Waals surface area contributed by atoms with Crippen LogP contribution in [0.15, 0.2) is 118 Å². The van der Waals surface area contributed by atoms with Crippen molar-refractivity contribution in [3.05, 3.63) is 163 Å². The summed E-state index contributed by atoms with van der Waals surface area (Å²) < 4.78 is 2.20. The third-order valence-corrected chi connectivity index (χ3v) is 18.7. The van der Waals surface area contributed by atoms with Crippen LogP contribution < -0.4 is 9.80 Å². The Balaban J connectivity index is 1.24. The minimum absolute atomic E-state index is 0.0844. The van der Waals surface area contributed by atoms with E-state index in [1.54, 1.807) is 0 Å². The smallest absolute Gasteiger partial charge is 0.0467 e. The van der Waals surface area contributed by atoms with Crippen LogP contribution in [0.1, 0.15) is 216 Å². The third-order valence-electron chi connectivity index (χ3n) is 17.7. The van der Waals surface area contributed by atoms with Gasteiger partial charge in [-0.25, -0.2) is 0 Å². The molecule has 0 N–H and O–H groups in total. The van der Waals surface area contributed by atoms with E-state index in [4.69, 9.17) is 0 Å². The maximum absolute atomic E-state index is 3.80. The van der Waals surface area contributed by atoms with Crippen molar-refractivity contribution in [2.45, 2.75) is 213 Å². The molecule has 73 heavy (non-hydrogen) atoms. The molecule has 0 saturated carbocycles. The molecule has 0 aromatic heterocycles. The lowest BCUT2D eigenvalue weighted by Gasteiger charge is -2.35. The van der Waals surface area contributed by atoms with Gasteiger partial charge >= 0.3 is 0 Å². The van der Waals surface area contributed by atoms with Gasteiger partial charge in [0.2, 0.25) is 0 Å². The van der Waals surface area contributed by atoms with Gasteiger partial charge in [0.05, 0.1) is 0 Å². The number of hydrogen-bond acceptors (Lipinski definition) is 2. The lowest BCUT2D eigenvalue weighted by molar-refractivity contribution is 0.398. The van der Waals surface area contributed by atoms with E-state index in [9.17, 15) is 0 Å². The average molecular weight is 1100 g/mol. The second-order valence-corrected chi connectivity index (χ2v) is 27.3. The molecule has 9 rings (SSSR count). The summed E-state index contributed by atoms with van der Waals surface area (Å²) in [7, 11) is 0. The number of halogens is 2. The van der Waals surface area contributed by atoms with Gasteiger partial charge in [0.15, 0.2) is 0 Å². The molecule has 0 amide bonds. The van der Waals surface area contributed by atoms with Crippen molar-refractivity contribution in [2.24, 2.45) is 0 Å². The van der Waals surface area contributed by atoms with Gasteiger partial charge in [0, 0.05) is 48.5 Å². The predicted molar refractivity (Wildman–Crippen MR) is 324 cm³/mol. The summed E-state index contributed by atoms with van der Waals surface area (Å²) in [6.45, 7) is 29.0. The van der Waals surface area contributed by atoms with Crippen molar-refractivity contribution >= 4 is 66.0 Å². The second-order valence-electron chi connectivity index (χ2n) is 25.5. The first-order valence-electron chi connectivity index (χ1n) is 28.4. The second kappa shape index (κ2) is 21.1. The normalized spacial score (nSPS) is 17.0. The third kappa shape index (κ3) is 10.5. The fraction of sp³-hybridized carbons (Fsp3) is 0.478. The zero-order valence-corrected chi connectivity index (χ0v) is 50.0. The molecule has 0 heterocycles. The highest BCUT2D eigenvalue weighted by Gasteiger charge is 2.46. The Morgan fingerprint density at radius 1 is 0.370 bits per heavy atom. The van der Waals surface area contributed by atoms with Gasteiger partial charge in [-0.1, -0.05) is 190 Å². The maximum Gasteiger partial charge on any atom is 0.0467 e. The van der Waals surface area contributed by atoms with Crippen molar-refractivity contribution in [2.75, 3.05) is 9.80 Å². The molecular formula is C69H86Br2N2. The summed E-state index contributed by atoms with van der Waals surface area (Å²) in [5.41, 5.74) is 22.4. The van der Waals surface area contributed by atoms with Gasteiger partial charge in [-0.3, -0.25) is 0 Å². The highest BCUT2D eigenvalue weighted by molar-refractivity contribution is 9.10. The van der Waals surface area contributed by atoms with Gasteiger partial charge in [-0.2, -0.15) is 0 Å². The molecule has 0 spiro atoms. The Bertz CT molecular complexity index is 2730. The molecule has 0 atom stereocenters. The molecule has 0 aliphatic heterocycles. The van der Waals surface area contributed by atoms with Gasteiger partial charge in [-0.15, -0.1) is 0 Å². The first-order chi connectivity index (χ1) is 34.7. The Morgan fingerprint density at radius 2 is 0.699 bits per heavy atom.